The lowest BCUT2D eigenvalue weighted by Gasteiger charge is -2.13. The number of nitrogens with zero attached hydrogens (tertiary/aromatic N) is 4. The number of carbonyl (C=O) groups excluding carboxylic acids is 1. The van der Waals surface area contributed by atoms with E-state index in [4.69, 9.17) is 11.6 Å². The van der Waals surface area contributed by atoms with Gasteiger partial charge in [0.15, 0.2) is 0 Å². The number of halogens is 1. The SMILES string of the molecule is CC1=NN(c2ccc(Cl)c(C(=O)O)c2)C(=O)C1=Cc1ccc2c(c1)n(C)c(=O)n2C. The van der Waals surface area contributed by atoms with Crippen LogP contribution in [0.5, 0.6) is 0 Å². The standard InChI is InChI=1S/C21H17ClN4O4/c1-11-14(8-12-4-7-17-18(9-12)25(3)21(30)24(17)2)19(27)26(23-11)13-5-6-16(22)15(10-13)20(28)29/h4-10H,1-3H3,(H,28,29). The minimum atomic E-state index is -1.19. The van der Waals surface area contributed by atoms with Crippen molar-refractivity contribution in [2.45, 2.75) is 6.92 Å². The fourth-order valence-corrected chi connectivity index (χ4v) is 3.65. The maximum Gasteiger partial charge on any atom is 0.337 e. The fraction of sp³-hybridized carbons (Fsp3) is 0.143. The first-order valence-electron chi connectivity index (χ1n) is 8.99. The van der Waals surface area contributed by atoms with E-state index < -0.39 is 5.97 Å². The van der Waals surface area contributed by atoms with E-state index in [9.17, 15) is 19.5 Å². The van der Waals surface area contributed by atoms with E-state index in [1.54, 1.807) is 36.2 Å². The molecule has 0 saturated carbocycles. The third-order valence-electron chi connectivity index (χ3n) is 5.09. The highest BCUT2D eigenvalue weighted by Gasteiger charge is 2.29. The number of aromatic carboxylic acids is 1. The lowest BCUT2D eigenvalue weighted by atomic mass is 10.1. The van der Waals surface area contributed by atoms with Gasteiger partial charge in [0.2, 0.25) is 0 Å². The molecule has 9 heteroatoms. The highest BCUT2D eigenvalue weighted by atomic mass is 35.5. The first-order chi connectivity index (χ1) is 14.2. The Kier molecular flexibility index (Phi) is 4.58. The number of amides is 1. The average molecular weight is 425 g/mol. The normalized spacial score (nSPS) is 15.3. The molecule has 152 valence electrons. The average Bonchev–Trinajstić information content (AvgIpc) is 3.11. The minimum absolute atomic E-state index is 0.0798. The van der Waals surface area contributed by atoms with Crippen LogP contribution in [0, 0.1) is 0 Å². The van der Waals surface area contributed by atoms with Gasteiger partial charge < -0.3 is 5.11 Å². The molecule has 1 N–H and O–H groups in total. The van der Waals surface area contributed by atoms with Gasteiger partial charge in [-0.1, -0.05) is 17.7 Å². The van der Waals surface area contributed by atoms with Crippen LogP contribution in [0.1, 0.15) is 22.8 Å². The lowest BCUT2D eigenvalue weighted by Crippen LogP contribution is -2.21. The third kappa shape index (κ3) is 3.02. The van der Waals surface area contributed by atoms with Crippen LogP contribution in [-0.4, -0.2) is 31.8 Å². The molecule has 1 aliphatic rings. The summed E-state index contributed by atoms with van der Waals surface area (Å²) in [6.07, 6.45) is 1.70. The molecule has 1 amide bonds. The van der Waals surface area contributed by atoms with Gasteiger partial charge in [0.1, 0.15) is 0 Å². The zero-order chi connectivity index (χ0) is 21.7. The largest absolute Gasteiger partial charge is 0.478 e. The first-order valence-corrected chi connectivity index (χ1v) is 9.37. The highest BCUT2D eigenvalue weighted by Crippen LogP contribution is 2.29. The zero-order valence-corrected chi connectivity index (χ0v) is 17.1. The molecule has 3 aromatic rings. The number of anilines is 1. The summed E-state index contributed by atoms with van der Waals surface area (Å²) in [7, 11) is 3.40. The Balaban J connectivity index is 1.74. The van der Waals surface area contributed by atoms with Gasteiger partial charge in [-0.25, -0.2) is 9.59 Å². The van der Waals surface area contributed by atoms with Crippen molar-refractivity contribution in [1.29, 1.82) is 0 Å². The molecule has 0 aliphatic carbocycles. The molecular formula is C21H17ClN4O4. The molecule has 1 aliphatic heterocycles. The van der Waals surface area contributed by atoms with Crippen molar-refractivity contribution in [2.75, 3.05) is 5.01 Å². The van der Waals surface area contributed by atoms with Crippen molar-refractivity contribution in [3.8, 4) is 0 Å². The van der Waals surface area contributed by atoms with Crippen LogP contribution < -0.4 is 10.7 Å². The molecule has 0 spiro atoms. The number of carboxylic acids is 1. The van der Waals surface area contributed by atoms with E-state index in [1.165, 1.54) is 18.2 Å². The number of hydrazone groups is 1. The third-order valence-corrected chi connectivity index (χ3v) is 5.42. The van der Waals surface area contributed by atoms with Crippen LogP contribution in [0.15, 0.2) is 51.9 Å². The highest BCUT2D eigenvalue weighted by molar-refractivity contribution is 6.34. The van der Waals surface area contributed by atoms with Crippen molar-refractivity contribution in [2.24, 2.45) is 19.2 Å². The summed E-state index contributed by atoms with van der Waals surface area (Å²) in [5, 5.41) is 14.8. The number of carbonyl (C=O) groups is 2. The number of aromatic nitrogens is 2. The van der Waals surface area contributed by atoms with Gasteiger partial charge in [0.05, 0.1) is 38.6 Å². The Morgan fingerprint density at radius 3 is 2.47 bits per heavy atom. The van der Waals surface area contributed by atoms with E-state index in [-0.39, 0.29) is 22.2 Å². The van der Waals surface area contributed by atoms with Gasteiger partial charge in [0, 0.05) is 14.1 Å². The molecule has 8 nitrogen and oxygen atoms in total. The molecule has 0 radical (unpaired) electrons. The summed E-state index contributed by atoms with van der Waals surface area (Å²) in [6, 6.07) is 9.75. The molecule has 4 rings (SSSR count). The van der Waals surface area contributed by atoms with Gasteiger partial charge in [-0.15, -0.1) is 0 Å². The van der Waals surface area contributed by atoms with Gasteiger partial charge in [-0.3, -0.25) is 13.9 Å². The second-order valence-electron chi connectivity index (χ2n) is 6.98. The summed E-state index contributed by atoms with van der Waals surface area (Å²) >= 11 is 5.91. The van der Waals surface area contributed by atoms with Crippen LogP contribution in [0.3, 0.4) is 0 Å². The zero-order valence-electron chi connectivity index (χ0n) is 16.4. The quantitative estimate of drug-likeness (QED) is 0.653. The van der Waals surface area contributed by atoms with E-state index in [0.717, 1.165) is 21.6 Å². The number of fused-ring (bicyclic) bond motifs is 1. The second-order valence-corrected chi connectivity index (χ2v) is 7.39. The molecule has 0 saturated heterocycles. The summed E-state index contributed by atoms with van der Waals surface area (Å²) in [5.41, 5.74) is 3.22. The number of carboxylic acid groups (broad SMARTS) is 1. The van der Waals surface area contributed by atoms with Crippen LogP contribution in [-0.2, 0) is 18.9 Å². The van der Waals surface area contributed by atoms with E-state index in [1.807, 2.05) is 18.2 Å². The van der Waals surface area contributed by atoms with Gasteiger partial charge in [-0.05, 0) is 48.9 Å². The maximum absolute atomic E-state index is 13.0. The van der Waals surface area contributed by atoms with E-state index >= 15 is 0 Å². The van der Waals surface area contributed by atoms with Gasteiger partial charge in [0.25, 0.3) is 5.91 Å². The van der Waals surface area contributed by atoms with Crippen molar-refractivity contribution in [1.82, 2.24) is 9.13 Å². The summed E-state index contributed by atoms with van der Waals surface area (Å²) in [6.45, 7) is 1.70. The fourth-order valence-electron chi connectivity index (χ4n) is 3.45. The predicted octanol–water partition coefficient (Wildman–Crippen LogP) is 3.03. The number of rotatable bonds is 3. The topological polar surface area (TPSA) is 96.9 Å². The number of aryl methyl sites for hydroxylation is 2. The van der Waals surface area contributed by atoms with Crippen LogP contribution in [0.4, 0.5) is 5.69 Å². The second kappa shape index (κ2) is 7.00. The smallest absolute Gasteiger partial charge is 0.337 e. The molecule has 1 aromatic heterocycles. The predicted molar refractivity (Wildman–Crippen MR) is 115 cm³/mol. The number of hydrogen-bond donors (Lipinski definition) is 1. The maximum atomic E-state index is 13.0. The Labute approximate surface area is 175 Å². The molecule has 2 aromatic carbocycles. The molecule has 0 bridgehead atoms. The summed E-state index contributed by atoms with van der Waals surface area (Å²) in [5.74, 6) is -1.57. The molecular weight excluding hydrogens is 408 g/mol. The van der Waals surface area contributed by atoms with Crippen molar-refractivity contribution >= 4 is 52.0 Å². The molecule has 0 fully saturated rings. The molecule has 2 heterocycles. The summed E-state index contributed by atoms with van der Waals surface area (Å²) < 4.78 is 3.10. The Bertz CT molecular complexity index is 1360. The first kappa shape index (κ1) is 19.7. The lowest BCUT2D eigenvalue weighted by molar-refractivity contribution is -0.114. The number of imidazole rings is 1. The van der Waals surface area contributed by atoms with Gasteiger partial charge in [-0.2, -0.15) is 10.1 Å². The molecule has 30 heavy (non-hydrogen) atoms. The van der Waals surface area contributed by atoms with Crippen LogP contribution in [0.2, 0.25) is 5.02 Å². The monoisotopic (exact) mass is 424 g/mol. The Morgan fingerprint density at radius 1 is 1.07 bits per heavy atom. The minimum Gasteiger partial charge on any atom is -0.478 e. The Hall–Kier alpha value is -3.65. The molecule has 0 atom stereocenters. The number of benzene rings is 2. The van der Waals surface area contributed by atoms with Crippen molar-refractivity contribution in [3.63, 3.8) is 0 Å². The van der Waals surface area contributed by atoms with Crippen LogP contribution in [0.25, 0.3) is 17.1 Å². The van der Waals surface area contributed by atoms with Crippen LogP contribution >= 0.6 is 11.6 Å². The Morgan fingerprint density at radius 2 is 1.77 bits per heavy atom. The number of hydrogen-bond acceptors (Lipinski definition) is 4. The van der Waals surface area contributed by atoms with Crippen molar-refractivity contribution < 1.29 is 14.7 Å². The van der Waals surface area contributed by atoms with Crippen molar-refractivity contribution in [3.05, 3.63) is 68.6 Å². The van der Waals surface area contributed by atoms with E-state index in [0.29, 0.717) is 17.0 Å². The molecule has 0 unspecified atom stereocenters. The van der Waals surface area contributed by atoms with Gasteiger partial charge >= 0.3 is 11.7 Å². The van der Waals surface area contributed by atoms with E-state index in [2.05, 4.69) is 5.10 Å². The summed E-state index contributed by atoms with van der Waals surface area (Å²) in [4.78, 5) is 36.4.